The van der Waals surface area contributed by atoms with Gasteiger partial charge >= 0.3 is 6.16 Å². The summed E-state index contributed by atoms with van der Waals surface area (Å²) in [7, 11) is 0. The predicted molar refractivity (Wildman–Crippen MR) is 71.8 cm³/mol. The Kier molecular flexibility index (Phi) is 12.1. The molecule has 0 amide bonds. The van der Waals surface area contributed by atoms with Crippen LogP contribution in [0.3, 0.4) is 0 Å². The molecule has 0 aliphatic heterocycles. The van der Waals surface area contributed by atoms with Crippen LogP contribution in [-0.4, -0.2) is 24.2 Å². The molecular formula is C14H28O4. The quantitative estimate of drug-likeness (QED) is 0.317. The van der Waals surface area contributed by atoms with Crippen LogP contribution in [-0.2, 0) is 9.47 Å². The van der Waals surface area contributed by atoms with Gasteiger partial charge < -0.3 is 14.6 Å². The summed E-state index contributed by atoms with van der Waals surface area (Å²) >= 11 is 0. The maximum absolute atomic E-state index is 10.5. The van der Waals surface area contributed by atoms with E-state index in [0.29, 0.717) is 13.0 Å². The van der Waals surface area contributed by atoms with E-state index < -0.39 is 12.4 Å². The fourth-order valence-electron chi connectivity index (χ4n) is 1.74. The number of hydrogen-bond acceptors (Lipinski definition) is 3. The van der Waals surface area contributed by atoms with Gasteiger partial charge in [-0.3, -0.25) is 0 Å². The molecule has 0 fully saturated rings. The number of unbranched alkanes of at least 4 members (excludes halogenated alkanes) is 6. The predicted octanol–water partition coefficient (Wildman–Crippen LogP) is 4.57. The molecule has 0 radical (unpaired) electrons. The Morgan fingerprint density at radius 1 is 1.00 bits per heavy atom. The molecule has 0 aliphatic rings. The SMILES string of the molecule is CCCCCCCCC(OCCCC)OC(=O)O. The third-order valence-electron chi connectivity index (χ3n) is 2.83. The number of hydrogen-bond donors (Lipinski definition) is 1. The standard InChI is InChI=1S/C14H28O4/c1-3-5-7-8-9-10-11-13(18-14(15)16)17-12-6-4-2/h13H,3-12H2,1-2H3,(H,15,16). The lowest BCUT2D eigenvalue weighted by Gasteiger charge is -2.16. The first kappa shape index (κ1) is 17.2. The van der Waals surface area contributed by atoms with Gasteiger partial charge in [0.05, 0.1) is 6.61 Å². The number of rotatable bonds is 12. The largest absolute Gasteiger partial charge is 0.508 e. The van der Waals surface area contributed by atoms with Crippen molar-refractivity contribution in [3.8, 4) is 0 Å². The lowest BCUT2D eigenvalue weighted by atomic mass is 10.1. The number of ether oxygens (including phenoxy) is 2. The van der Waals surface area contributed by atoms with Crippen LogP contribution < -0.4 is 0 Å². The molecule has 0 rings (SSSR count). The molecule has 0 aliphatic carbocycles. The molecule has 1 unspecified atom stereocenters. The summed E-state index contributed by atoms with van der Waals surface area (Å²) in [5.74, 6) is 0. The molecular weight excluding hydrogens is 232 g/mol. The normalized spacial score (nSPS) is 12.3. The van der Waals surface area contributed by atoms with Gasteiger partial charge in [-0.05, 0) is 12.8 Å². The average molecular weight is 260 g/mol. The van der Waals surface area contributed by atoms with Gasteiger partial charge in [0.1, 0.15) is 0 Å². The molecule has 0 saturated carbocycles. The van der Waals surface area contributed by atoms with Crippen LogP contribution in [0, 0.1) is 0 Å². The highest BCUT2D eigenvalue weighted by Crippen LogP contribution is 2.12. The van der Waals surface area contributed by atoms with Gasteiger partial charge in [-0.2, -0.15) is 0 Å². The molecule has 0 aromatic carbocycles. The molecule has 0 saturated heterocycles. The lowest BCUT2D eigenvalue weighted by Crippen LogP contribution is -2.21. The third kappa shape index (κ3) is 11.7. The molecule has 1 atom stereocenters. The van der Waals surface area contributed by atoms with Crippen molar-refractivity contribution in [1.82, 2.24) is 0 Å². The maximum Gasteiger partial charge on any atom is 0.508 e. The Morgan fingerprint density at radius 3 is 2.22 bits per heavy atom. The van der Waals surface area contributed by atoms with E-state index in [9.17, 15) is 4.79 Å². The maximum atomic E-state index is 10.5. The number of carboxylic acid groups (broad SMARTS) is 1. The van der Waals surface area contributed by atoms with E-state index in [4.69, 9.17) is 14.6 Å². The second-order valence-corrected chi connectivity index (χ2v) is 4.59. The first-order valence-corrected chi connectivity index (χ1v) is 7.21. The van der Waals surface area contributed by atoms with Crippen LogP contribution in [0.5, 0.6) is 0 Å². The van der Waals surface area contributed by atoms with Crippen molar-refractivity contribution in [2.45, 2.75) is 77.9 Å². The van der Waals surface area contributed by atoms with Crippen molar-refractivity contribution >= 4 is 6.16 Å². The lowest BCUT2D eigenvalue weighted by molar-refractivity contribution is -0.121. The van der Waals surface area contributed by atoms with Gasteiger partial charge in [0.15, 0.2) is 0 Å². The summed E-state index contributed by atoms with van der Waals surface area (Å²) in [5.41, 5.74) is 0. The first-order chi connectivity index (χ1) is 8.70. The molecule has 0 aromatic rings. The number of carbonyl (C=O) groups is 1. The fourth-order valence-corrected chi connectivity index (χ4v) is 1.74. The fraction of sp³-hybridized carbons (Fsp3) is 0.929. The summed E-state index contributed by atoms with van der Waals surface area (Å²) < 4.78 is 10.1. The summed E-state index contributed by atoms with van der Waals surface area (Å²) in [5, 5.41) is 8.61. The topological polar surface area (TPSA) is 55.8 Å². The van der Waals surface area contributed by atoms with Crippen LogP contribution in [0.25, 0.3) is 0 Å². The van der Waals surface area contributed by atoms with Crippen molar-refractivity contribution in [2.24, 2.45) is 0 Å². The Morgan fingerprint density at radius 2 is 1.61 bits per heavy atom. The minimum Gasteiger partial charge on any atom is -0.450 e. The minimum absolute atomic E-state index is 0.574. The molecule has 18 heavy (non-hydrogen) atoms. The first-order valence-electron chi connectivity index (χ1n) is 7.21. The highest BCUT2D eigenvalue weighted by molar-refractivity contribution is 5.56. The molecule has 108 valence electrons. The second kappa shape index (κ2) is 12.7. The minimum atomic E-state index is -1.25. The van der Waals surface area contributed by atoms with E-state index in [1.807, 2.05) is 0 Å². The van der Waals surface area contributed by atoms with Gasteiger partial charge in [-0.25, -0.2) is 4.79 Å². The van der Waals surface area contributed by atoms with Gasteiger partial charge in [0.25, 0.3) is 0 Å². The zero-order chi connectivity index (χ0) is 13.6. The Labute approximate surface area is 111 Å². The van der Waals surface area contributed by atoms with Gasteiger partial charge in [-0.1, -0.05) is 52.4 Å². The Balaban J connectivity index is 3.61. The summed E-state index contributed by atoms with van der Waals surface area (Å²) in [6.45, 7) is 4.84. The molecule has 4 heteroatoms. The molecule has 1 N–H and O–H groups in total. The van der Waals surface area contributed by atoms with E-state index in [1.54, 1.807) is 0 Å². The Bertz CT molecular complexity index is 194. The molecule has 4 nitrogen and oxygen atoms in total. The second-order valence-electron chi connectivity index (χ2n) is 4.59. The van der Waals surface area contributed by atoms with Crippen molar-refractivity contribution in [1.29, 1.82) is 0 Å². The van der Waals surface area contributed by atoms with Crippen molar-refractivity contribution < 1.29 is 19.4 Å². The van der Waals surface area contributed by atoms with Crippen LogP contribution in [0.2, 0.25) is 0 Å². The summed E-state index contributed by atoms with van der Waals surface area (Å²) in [6.07, 6.45) is 7.90. The monoisotopic (exact) mass is 260 g/mol. The van der Waals surface area contributed by atoms with Gasteiger partial charge in [0, 0.05) is 6.42 Å². The van der Waals surface area contributed by atoms with Crippen molar-refractivity contribution in [3.05, 3.63) is 0 Å². The van der Waals surface area contributed by atoms with E-state index in [0.717, 1.165) is 25.7 Å². The smallest absolute Gasteiger partial charge is 0.450 e. The summed E-state index contributed by atoms with van der Waals surface area (Å²) in [4.78, 5) is 10.5. The Hall–Kier alpha value is -0.770. The van der Waals surface area contributed by atoms with E-state index in [-0.39, 0.29) is 0 Å². The molecule has 0 aromatic heterocycles. The highest BCUT2D eigenvalue weighted by Gasteiger charge is 2.13. The van der Waals surface area contributed by atoms with E-state index >= 15 is 0 Å². The van der Waals surface area contributed by atoms with Crippen LogP contribution in [0.4, 0.5) is 4.79 Å². The average Bonchev–Trinajstić information content (AvgIpc) is 2.33. The van der Waals surface area contributed by atoms with Crippen LogP contribution in [0.15, 0.2) is 0 Å². The highest BCUT2D eigenvalue weighted by atomic mass is 16.8. The van der Waals surface area contributed by atoms with Crippen LogP contribution >= 0.6 is 0 Å². The molecule has 0 bridgehead atoms. The molecule has 0 heterocycles. The zero-order valence-corrected chi connectivity index (χ0v) is 11.8. The van der Waals surface area contributed by atoms with Crippen molar-refractivity contribution in [2.75, 3.05) is 6.61 Å². The van der Waals surface area contributed by atoms with E-state index in [2.05, 4.69) is 13.8 Å². The van der Waals surface area contributed by atoms with Gasteiger partial charge in [-0.15, -0.1) is 0 Å². The van der Waals surface area contributed by atoms with E-state index in [1.165, 1.54) is 25.7 Å². The third-order valence-corrected chi connectivity index (χ3v) is 2.83. The zero-order valence-electron chi connectivity index (χ0n) is 11.8. The molecule has 0 spiro atoms. The van der Waals surface area contributed by atoms with Gasteiger partial charge in [0.2, 0.25) is 6.29 Å². The van der Waals surface area contributed by atoms with Crippen molar-refractivity contribution in [3.63, 3.8) is 0 Å². The van der Waals surface area contributed by atoms with Crippen LogP contribution in [0.1, 0.15) is 71.6 Å². The summed E-state index contributed by atoms with van der Waals surface area (Å²) in [6, 6.07) is 0.